The molecule has 2 aromatic carbocycles. The second-order valence-corrected chi connectivity index (χ2v) is 5.03. The average Bonchev–Trinajstić information content (AvgIpc) is 2.47. The third kappa shape index (κ3) is 3.66. The van der Waals surface area contributed by atoms with Crippen LogP contribution in [-0.4, -0.2) is 11.6 Å². The fourth-order valence-corrected chi connectivity index (χ4v) is 1.88. The van der Waals surface area contributed by atoms with Gasteiger partial charge in [-0.3, -0.25) is 9.59 Å². The highest BCUT2D eigenvalue weighted by atomic mass is 16.1. The SMILES string of the molecule is Cc1ccc(C(=O)/C=C(\N)C(=O)c2ccc(C)cc2)cc1. The first kappa shape index (κ1) is 14.7. The molecular weight excluding hydrogens is 262 g/mol. The van der Waals surface area contributed by atoms with Crippen LogP contribution in [0.15, 0.2) is 60.3 Å². The molecule has 3 heteroatoms. The third-order valence-corrected chi connectivity index (χ3v) is 3.20. The van der Waals surface area contributed by atoms with Gasteiger partial charge in [-0.2, -0.15) is 0 Å². The van der Waals surface area contributed by atoms with Gasteiger partial charge in [0.15, 0.2) is 5.78 Å². The number of allylic oxidation sites excluding steroid dienone is 2. The highest BCUT2D eigenvalue weighted by molar-refractivity contribution is 6.14. The molecule has 0 heterocycles. The number of rotatable bonds is 4. The first-order chi connectivity index (χ1) is 9.97. The molecule has 0 spiro atoms. The third-order valence-electron chi connectivity index (χ3n) is 3.20. The van der Waals surface area contributed by atoms with E-state index in [1.54, 1.807) is 24.3 Å². The van der Waals surface area contributed by atoms with E-state index in [2.05, 4.69) is 0 Å². The van der Waals surface area contributed by atoms with Crippen molar-refractivity contribution >= 4 is 11.6 Å². The molecule has 3 nitrogen and oxygen atoms in total. The first-order valence-corrected chi connectivity index (χ1v) is 6.67. The molecule has 0 fully saturated rings. The number of aryl methyl sites for hydroxylation is 2. The number of benzene rings is 2. The number of carbonyl (C=O) groups is 2. The number of ketones is 2. The lowest BCUT2D eigenvalue weighted by molar-refractivity contribution is 0.101. The van der Waals surface area contributed by atoms with Crippen LogP contribution in [0.1, 0.15) is 31.8 Å². The molecule has 0 bridgehead atoms. The Labute approximate surface area is 124 Å². The zero-order chi connectivity index (χ0) is 15.4. The fourth-order valence-electron chi connectivity index (χ4n) is 1.88. The van der Waals surface area contributed by atoms with Crippen LogP contribution >= 0.6 is 0 Å². The highest BCUT2D eigenvalue weighted by Crippen LogP contribution is 2.09. The summed E-state index contributed by atoms with van der Waals surface area (Å²) in [5, 5.41) is 0. The Morgan fingerprint density at radius 2 is 1.24 bits per heavy atom. The molecule has 0 amide bonds. The van der Waals surface area contributed by atoms with Crippen molar-refractivity contribution in [3.05, 3.63) is 82.6 Å². The Bertz CT molecular complexity index is 695. The lowest BCUT2D eigenvalue weighted by Crippen LogP contribution is -2.13. The molecule has 21 heavy (non-hydrogen) atoms. The summed E-state index contributed by atoms with van der Waals surface area (Å²) in [7, 11) is 0. The predicted molar refractivity (Wildman–Crippen MR) is 83.3 cm³/mol. The molecular formula is C18H17NO2. The van der Waals surface area contributed by atoms with Crippen LogP contribution < -0.4 is 5.73 Å². The number of Topliss-reactive ketones (excluding diaryl/α,β-unsaturated/α-hetero) is 1. The van der Waals surface area contributed by atoms with Gasteiger partial charge in [0.2, 0.25) is 5.78 Å². The van der Waals surface area contributed by atoms with Gasteiger partial charge < -0.3 is 5.73 Å². The van der Waals surface area contributed by atoms with Crippen LogP contribution in [-0.2, 0) is 0 Å². The zero-order valence-electron chi connectivity index (χ0n) is 12.1. The standard InChI is InChI=1S/C18H17NO2/c1-12-3-7-14(8-4-12)17(20)11-16(19)18(21)15-9-5-13(2)6-10-15/h3-11H,19H2,1-2H3/b16-11-. The van der Waals surface area contributed by atoms with Crippen LogP contribution in [0.4, 0.5) is 0 Å². The minimum atomic E-state index is -0.338. The molecule has 2 rings (SSSR count). The fraction of sp³-hybridized carbons (Fsp3) is 0.111. The first-order valence-electron chi connectivity index (χ1n) is 6.67. The van der Waals surface area contributed by atoms with Gasteiger partial charge in [-0.1, -0.05) is 59.7 Å². The predicted octanol–water partition coefficient (Wildman–Crippen LogP) is 3.21. The minimum absolute atomic E-state index is 0.0515. The van der Waals surface area contributed by atoms with Gasteiger partial charge in [0.25, 0.3) is 0 Å². The normalized spacial score (nSPS) is 11.2. The summed E-state index contributed by atoms with van der Waals surface area (Å²) in [5.74, 6) is -0.608. The van der Waals surface area contributed by atoms with Gasteiger partial charge in [0.05, 0.1) is 5.70 Å². The summed E-state index contributed by atoms with van der Waals surface area (Å²) in [6.45, 7) is 3.88. The van der Waals surface area contributed by atoms with E-state index < -0.39 is 0 Å². The van der Waals surface area contributed by atoms with Crippen molar-refractivity contribution < 1.29 is 9.59 Å². The monoisotopic (exact) mass is 279 g/mol. The lowest BCUT2D eigenvalue weighted by atomic mass is 10.0. The zero-order valence-corrected chi connectivity index (χ0v) is 12.1. The smallest absolute Gasteiger partial charge is 0.208 e. The molecule has 0 aliphatic carbocycles. The average molecular weight is 279 g/mol. The lowest BCUT2D eigenvalue weighted by Gasteiger charge is -2.02. The van der Waals surface area contributed by atoms with Crippen LogP contribution in [0, 0.1) is 13.8 Å². The van der Waals surface area contributed by atoms with Crippen molar-refractivity contribution in [3.63, 3.8) is 0 Å². The molecule has 0 aliphatic heterocycles. The number of hydrogen-bond acceptors (Lipinski definition) is 3. The summed E-state index contributed by atoms with van der Waals surface area (Å²) in [6, 6.07) is 14.2. The van der Waals surface area contributed by atoms with Crippen LogP contribution in [0.5, 0.6) is 0 Å². The van der Waals surface area contributed by atoms with Crippen LogP contribution in [0.2, 0.25) is 0 Å². The van der Waals surface area contributed by atoms with Gasteiger partial charge in [-0.25, -0.2) is 0 Å². The molecule has 0 aliphatic rings. The van der Waals surface area contributed by atoms with Crippen molar-refractivity contribution in [1.29, 1.82) is 0 Å². The van der Waals surface area contributed by atoms with Gasteiger partial charge >= 0.3 is 0 Å². The summed E-state index contributed by atoms with van der Waals surface area (Å²) in [5.41, 5.74) is 8.82. The molecule has 0 unspecified atom stereocenters. The van der Waals surface area contributed by atoms with Crippen molar-refractivity contribution in [2.24, 2.45) is 5.73 Å². The molecule has 0 saturated carbocycles. The molecule has 0 radical (unpaired) electrons. The molecule has 0 saturated heterocycles. The summed E-state index contributed by atoms with van der Waals surface area (Å²) in [6.07, 6.45) is 1.19. The summed E-state index contributed by atoms with van der Waals surface area (Å²) >= 11 is 0. The molecule has 106 valence electrons. The van der Waals surface area contributed by atoms with Gasteiger partial charge in [-0.15, -0.1) is 0 Å². The van der Waals surface area contributed by atoms with E-state index in [4.69, 9.17) is 5.73 Å². The highest BCUT2D eigenvalue weighted by Gasteiger charge is 2.11. The van der Waals surface area contributed by atoms with Crippen molar-refractivity contribution in [2.45, 2.75) is 13.8 Å². The Kier molecular flexibility index (Phi) is 4.33. The van der Waals surface area contributed by atoms with E-state index in [0.717, 1.165) is 11.1 Å². The van der Waals surface area contributed by atoms with Gasteiger partial charge in [0.1, 0.15) is 0 Å². The molecule has 0 atom stereocenters. The Balaban J connectivity index is 2.20. The van der Waals surface area contributed by atoms with E-state index >= 15 is 0 Å². The van der Waals surface area contributed by atoms with E-state index in [1.165, 1.54) is 6.08 Å². The van der Waals surface area contributed by atoms with Crippen molar-refractivity contribution in [2.75, 3.05) is 0 Å². The molecule has 0 aromatic heterocycles. The second-order valence-electron chi connectivity index (χ2n) is 5.03. The van der Waals surface area contributed by atoms with Crippen molar-refractivity contribution in [1.82, 2.24) is 0 Å². The van der Waals surface area contributed by atoms with Gasteiger partial charge in [0, 0.05) is 17.2 Å². The Morgan fingerprint density at radius 1 is 0.810 bits per heavy atom. The topological polar surface area (TPSA) is 60.2 Å². The van der Waals surface area contributed by atoms with E-state index in [9.17, 15) is 9.59 Å². The Hall–Kier alpha value is -2.68. The van der Waals surface area contributed by atoms with Crippen LogP contribution in [0.3, 0.4) is 0 Å². The molecule has 2 N–H and O–H groups in total. The minimum Gasteiger partial charge on any atom is -0.395 e. The Morgan fingerprint density at radius 3 is 1.71 bits per heavy atom. The maximum absolute atomic E-state index is 12.1. The largest absolute Gasteiger partial charge is 0.395 e. The van der Waals surface area contributed by atoms with E-state index in [0.29, 0.717) is 11.1 Å². The number of nitrogens with two attached hydrogens (primary N) is 1. The number of carbonyl (C=O) groups excluding carboxylic acids is 2. The van der Waals surface area contributed by atoms with Gasteiger partial charge in [-0.05, 0) is 13.8 Å². The maximum atomic E-state index is 12.1. The molecule has 2 aromatic rings. The van der Waals surface area contributed by atoms with Crippen molar-refractivity contribution in [3.8, 4) is 0 Å². The number of hydrogen-bond donors (Lipinski definition) is 1. The van der Waals surface area contributed by atoms with Crippen LogP contribution in [0.25, 0.3) is 0 Å². The quantitative estimate of drug-likeness (QED) is 0.690. The maximum Gasteiger partial charge on any atom is 0.208 e. The van der Waals surface area contributed by atoms with E-state index in [1.807, 2.05) is 38.1 Å². The summed E-state index contributed by atoms with van der Waals surface area (Å²) in [4.78, 5) is 24.2. The summed E-state index contributed by atoms with van der Waals surface area (Å²) < 4.78 is 0. The second kappa shape index (κ2) is 6.18. The van der Waals surface area contributed by atoms with E-state index in [-0.39, 0.29) is 17.3 Å².